The largest absolute Gasteiger partial charge is 0.375 e. The van der Waals surface area contributed by atoms with Crippen LogP contribution in [-0.4, -0.2) is 47.6 Å². The predicted octanol–water partition coefficient (Wildman–Crippen LogP) is 3.15. The first kappa shape index (κ1) is 16.9. The summed E-state index contributed by atoms with van der Waals surface area (Å²) in [5, 5.41) is 0.671. The van der Waals surface area contributed by atoms with E-state index in [-0.39, 0.29) is 18.4 Å². The number of amides is 1. The Balaban J connectivity index is 1.88. The second kappa shape index (κ2) is 7.73. The molecule has 24 heavy (non-hydrogen) atoms. The third kappa shape index (κ3) is 3.74. The summed E-state index contributed by atoms with van der Waals surface area (Å²) in [6.45, 7) is 1.54. The maximum atomic E-state index is 12.1. The molecule has 126 valence electrons. The number of benzene rings is 1. The summed E-state index contributed by atoms with van der Waals surface area (Å²) in [6.07, 6.45) is 5.34. The molecule has 0 bridgehead atoms. The van der Waals surface area contributed by atoms with Crippen molar-refractivity contribution in [2.45, 2.75) is 18.8 Å². The maximum Gasteiger partial charge on any atom is 0.248 e. The van der Waals surface area contributed by atoms with Gasteiger partial charge in [0.25, 0.3) is 0 Å². The van der Waals surface area contributed by atoms with Gasteiger partial charge in [-0.3, -0.25) is 14.8 Å². The lowest BCUT2D eigenvalue weighted by Gasteiger charge is -2.33. The van der Waals surface area contributed by atoms with Crippen LogP contribution in [0.25, 0.3) is 11.3 Å². The van der Waals surface area contributed by atoms with E-state index in [0.29, 0.717) is 11.6 Å². The van der Waals surface area contributed by atoms with Crippen LogP contribution >= 0.6 is 11.6 Å². The van der Waals surface area contributed by atoms with Crippen molar-refractivity contribution in [3.63, 3.8) is 0 Å². The molecule has 1 fully saturated rings. The number of piperidine rings is 1. The number of rotatable bonds is 4. The lowest BCUT2D eigenvalue weighted by Crippen LogP contribution is -2.41. The lowest BCUT2D eigenvalue weighted by molar-refractivity contribution is -0.136. The highest BCUT2D eigenvalue weighted by Crippen LogP contribution is 2.32. The number of halogens is 1. The van der Waals surface area contributed by atoms with Crippen molar-refractivity contribution in [2.75, 3.05) is 26.8 Å². The first-order chi connectivity index (χ1) is 11.7. The monoisotopic (exact) mass is 345 g/mol. The maximum absolute atomic E-state index is 12.1. The number of nitrogens with zero attached hydrogens (tertiary/aromatic N) is 3. The molecule has 1 aromatic heterocycles. The van der Waals surface area contributed by atoms with E-state index in [2.05, 4.69) is 9.97 Å². The van der Waals surface area contributed by atoms with Crippen LogP contribution in [0.2, 0.25) is 5.02 Å². The summed E-state index contributed by atoms with van der Waals surface area (Å²) in [5.74, 6) is 0.192. The Morgan fingerprint density at radius 3 is 3.00 bits per heavy atom. The first-order valence-corrected chi connectivity index (χ1v) is 8.40. The van der Waals surface area contributed by atoms with Crippen molar-refractivity contribution in [1.29, 1.82) is 0 Å². The number of carbonyl (C=O) groups excluding carboxylic acids is 1. The molecule has 1 saturated heterocycles. The average molecular weight is 346 g/mol. The Morgan fingerprint density at radius 1 is 1.38 bits per heavy atom. The minimum absolute atomic E-state index is 0.0235. The highest BCUT2D eigenvalue weighted by molar-refractivity contribution is 6.30. The molecule has 1 unspecified atom stereocenters. The molecule has 0 aliphatic carbocycles. The molecule has 3 rings (SSSR count). The number of ether oxygens (including phenoxy) is 1. The van der Waals surface area contributed by atoms with E-state index in [1.54, 1.807) is 19.5 Å². The van der Waals surface area contributed by atoms with Crippen LogP contribution in [0, 0.1) is 0 Å². The van der Waals surface area contributed by atoms with Crippen LogP contribution in [-0.2, 0) is 9.53 Å². The van der Waals surface area contributed by atoms with Gasteiger partial charge < -0.3 is 9.64 Å². The minimum atomic E-state index is 0.0235. The summed E-state index contributed by atoms with van der Waals surface area (Å²) >= 11 is 6.12. The van der Waals surface area contributed by atoms with Crippen molar-refractivity contribution < 1.29 is 9.53 Å². The van der Waals surface area contributed by atoms with Crippen LogP contribution in [0.15, 0.2) is 36.7 Å². The summed E-state index contributed by atoms with van der Waals surface area (Å²) in [4.78, 5) is 23.1. The fourth-order valence-electron chi connectivity index (χ4n) is 3.15. The van der Waals surface area contributed by atoms with Gasteiger partial charge in [0.2, 0.25) is 5.91 Å². The Kier molecular flexibility index (Phi) is 5.43. The van der Waals surface area contributed by atoms with Gasteiger partial charge in [-0.25, -0.2) is 0 Å². The van der Waals surface area contributed by atoms with Crippen molar-refractivity contribution in [2.24, 2.45) is 0 Å². The SMILES string of the molecule is COCC(=O)N1CCCC(c2nccnc2-c2cccc(Cl)c2)C1. The summed E-state index contributed by atoms with van der Waals surface area (Å²) in [7, 11) is 1.54. The van der Waals surface area contributed by atoms with Crippen LogP contribution in [0.3, 0.4) is 0 Å². The summed E-state index contributed by atoms with van der Waals surface area (Å²) in [5.41, 5.74) is 2.71. The fraction of sp³-hybridized carbons (Fsp3) is 0.389. The third-order valence-corrected chi connectivity index (χ3v) is 4.49. The Morgan fingerprint density at radius 2 is 2.21 bits per heavy atom. The number of hydrogen-bond donors (Lipinski definition) is 0. The molecule has 1 aliphatic rings. The van der Waals surface area contributed by atoms with Crippen LogP contribution in [0.4, 0.5) is 0 Å². The van der Waals surface area contributed by atoms with E-state index in [1.165, 1.54) is 0 Å². The number of methoxy groups -OCH3 is 1. The van der Waals surface area contributed by atoms with Gasteiger partial charge >= 0.3 is 0 Å². The number of hydrogen-bond acceptors (Lipinski definition) is 4. The van der Waals surface area contributed by atoms with Gasteiger partial charge in [-0.2, -0.15) is 0 Å². The Hall–Kier alpha value is -1.98. The van der Waals surface area contributed by atoms with Gasteiger partial charge in [0.05, 0.1) is 11.4 Å². The van der Waals surface area contributed by atoms with E-state index in [9.17, 15) is 4.79 Å². The molecular weight excluding hydrogens is 326 g/mol. The Bertz CT molecular complexity index is 723. The molecule has 1 aromatic carbocycles. The zero-order valence-corrected chi connectivity index (χ0v) is 14.4. The second-order valence-corrected chi connectivity index (χ2v) is 6.35. The molecular formula is C18H20ClN3O2. The third-order valence-electron chi connectivity index (χ3n) is 4.25. The van der Waals surface area contributed by atoms with Crippen molar-refractivity contribution in [1.82, 2.24) is 14.9 Å². The van der Waals surface area contributed by atoms with Crippen molar-refractivity contribution in [3.05, 3.63) is 47.4 Å². The van der Waals surface area contributed by atoms with E-state index in [1.807, 2.05) is 29.2 Å². The van der Waals surface area contributed by atoms with Crippen LogP contribution < -0.4 is 0 Å². The molecule has 6 heteroatoms. The molecule has 1 amide bonds. The predicted molar refractivity (Wildman–Crippen MR) is 92.9 cm³/mol. The van der Waals surface area contributed by atoms with E-state index in [4.69, 9.17) is 16.3 Å². The molecule has 0 spiro atoms. The minimum Gasteiger partial charge on any atom is -0.375 e. The van der Waals surface area contributed by atoms with Crippen LogP contribution in [0.1, 0.15) is 24.5 Å². The second-order valence-electron chi connectivity index (χ2n) is 5.91. The first-order valence-electron chi connectivity index (χ1n) is 8.02. The van der Waals surface area contributed by atoms with E-state index in [0.717, 1.165) is 36.3 Å². The number of carbonyl (C=O) groups is 1. The fourth-order valence-corrected chi connectivity index (χ4v) is 3.34. The molecule has 0 N–H and O–H groups in total. The topological polar surface area (TPSA) is 55.3 Å². The van der Waals surface area contributed by atoms with Gasteiger partial charge in [-0.1, -0.05) is 23.7 Å². The highest BCUT2D eigenvalue weighted by Gasteiger charge is 2.27. The van der Waals surface area contributed by atoms with Gasteiger partial charge in [0.1, 0.15) is 6.61 Å². The van der Waals surface area contributed by atoms with Crippen molar-refractivity contribution in [3.8, 4) is 11.3 Å². The Labute approximate surface area is 146 Å². The lowest BCUT2D eigenvalue weighted by atomic mass is 9.91. The van der Waals surface area contributed by atoms with E-state index < -0.39 is 0 Å². The van der Waals surface area contributed by atoms with Crippen LogP contribution in [0.5, 0.6) is 0 Å². The quantitative estimate of drug-likeness (QED) is 0.854. The van der Waals surface area contributed by atoms with Gasteiger partial charge in [0, 0.05) is 49.1 Å². The molecule has 5 nitrogen and oxygen atoms in total. The zero-order valence-electron chi connectivity index (χ0n) is 13.6. The van der Waals surface area contributed by atoms with Gasteiger partial charge in [-0.15, -0.1) is 0 Å². The normalized spacial score (nSPS) is 17.8. The summed E-state index contributed by atoms with van der Waals surface area (Å²) < 4.78 is 4.97. The zero-order chi connectivity index (χ0) is 16.9. The molecule has 0 saturated carbocycles. The van der Waals surface area contributed by atoms with Gasteiger partial charge in [0.15, 0.2) is 0 Å². The number of aromatic nitrogens is 2. The molecule has 1 atom stereocenters. The van der Waals surface area contributed by atoms with E-state index >= 15 is 0 Å². The smallest absolute Gasteiger partial charge is 0.248 e. The summed E-state index contributed by atoms with van der Waals surface area (Å²) in [6, 6.07) is 7.63. The average Bonchev–Trinajstić information content (AvgIpc) is 2.62. The molecule has 0 radical (unpaired) electrons. The molecule has 2 heterocycles. The number of likely N-dealkylation sites (tertiary alicyclic amines) is 1. The molecule has 1 aliphatic heterocycles. The molecule has 2 aromatic rings. The standard InChI is InChI=1S/C18H20ClN3O2/c1-24-12-16(23)22-9-3-5-14(11-22)18-17(20-7-8-21-18)13-4-2-6-15(19)10-13/h2,4,6-8,10,14H,3,5,9,11-12H2,1H3. The van der Waals surface area contributed by atoms with Crippen molar-refractivity contribution >= 4 is 17.5 Å². The van der Waals surface area contributed by atoms with Gasteiger partial charge in [-0.05, 0) is 25.0 Å². The highest BCUT2D eigenvalue weighted by atomic mass is 35.5.